The summed E-state index contributed by atoms with van der Waals surface area (Å²) in [6.07, 6.45) is 0.847. The Morgan fingerprint density at radius 3 is 2.32 bits per heavy atom. The Balaban J connectivity index is 2.63. The number of aromatic amines is 1. The number of hydrogen-bond acceptors (Lipinski definition) is 3. The van der Waals surface area contributed by atoms with Gasteiger partial charge in [-0.05, 0) is 18.4 Å². The first kappa shape index (κ1) is 13.5. The number of benzene rings is 1. The zero-order chi connectivity index (χ0) is 14.0. The molecule has 0 aliphatic carbocycles. The van der Waals surface area contributed by atoms with E-state index in [4.69, 9.17) is 9.47 Å². The topological polar surface area (TPSA) is 51.3 Å². The lowest BCUT2D eigenvalue weighted by atomic mass is 10.1. The first-order chi connectivity index (χ1) is 9.05. The maximum Gasteiger partial charge on any atom is 0.189 e. The zero-order valence-electron chi connectivity index (χ0n) is 11.7. The molecule has 4 nitrogen and oxygen atoms in total. The minimum Gasteiger partial charge on any atom is -0.493 e. The Morgan fingerprint density at radius 2 is 1.74 bits per heavy atom. The molecule has 4 heteroatoms. The van der Waals surface area contributed by atoms with Crippen molar-refractivity contribution < 1.29 is 9.47 Å². The number of ether oxygens (including phenoxy) is 2. The number of aromatic nitrogens is 1. The van der Waals surface area contributed by atoms with Crippen molar-refractivity contribution in [1.29, 1.82) is 0 Å². The third kappa shape index (κ3) is 2.72. The fraction of sp³-hybridized carbons (Fsp3) is 0.400. The van der Waals surface area contributed by atoms with E-state index in [1.54, 1.807) is 32.4 Å². The standard InChI is InChI=1S/C15H19NO3/c1-9(2)5-10-6-13(17)11-7-14(18-3)15(19-4)8-12(11)16-10/h6-9H,5H2,1-4H3,(H,16,17). The van der Waals surface area contributed by atoms with Crippen molar-refractivity contribution in [2.45, 2.75) is 20.3 Å². The Bertz CT molecular complexity index is 644. The SMILES string of the molecule is COc1cc2[nH]c(CC(C)C)cc(=O)c2cc1OC. The van der Waals surface area contributed by atoms with Crippen molar-refractivity contribution in [2.75, 3.05) is 14.2 Å². The van der Waals surface area contributed by atoms with Gasteiger partial charge in [-0.25, -0.2) is 0 Å². The summed E-state index contributed by atoms with van der Waals surface area (Å²) in [5.74, 6) is 1.68. The third-order valence-corrected chi connectivity index (χ3v) is 3.02. The predicted molar refractivity (Wildman–Crippen MR) is 76.2 cm³/mol. The molecule has 0 saturated carbocycles. The van der Waals surface area contributed by atoms with Crippen LogP contribution in [0.25, 0.3) is 10.9 Å². The highest BCUT2D eigenvalue weighted by atomic mass is 16.5. The van der Waals surface area contributed by atoms with E-state index >= 15 is 0 Å². The minimum atomic E-state index is 0.00496. The van der Waals surface area contributed by atoms with Crippen LogP contribution in [0.4, 0.5) is 0 Å². The molecule has 0 bridgehead atoms. The van der Waals surface area contributed by atoms with Gasteiger partial charge in [0.25, 0.3) is 0 Å². The van der Waals surface area contributed by atoms with Crippen molar-refractivity contribution >= 4 is 10.9 Å². The predicted octanol–water partition coefficient (Wildman–Crippen LogP) is 2.74. The van der Waals surface area contributed by atoms with Crippen LogP contribution in [0, 0.1) is 5.92 Å². The summed E-state index contributed by atoms with van der Waals surface area (Å²) in [7, 11) is 3.14. The lowest BCUT2D eigenvalue weighted by Crippen LogP contribution is -2.08. The molecular formula is C15H19NO3. The van der Waals surface area contributed by atoms with Gasteiger partial charge >= 0.3 is 0 Å². The maximum atomic E-state index is 12.1. The third-order valence-electron chi connectivity index (χ3n) is 3.02. The summed E-state index contributed by atoms with van der Waals surface area (Å²) in [6, 6.07) is 5.18. The number of rotatable bonds is 4. The van der Waals surface area contributed by atoms with Gasteiger partial charge in [0.15, 0.2) is 16.9 Å². The van der Waals surface area contributed by atoms with E-state index in [-0.39, 0.29) is 5.43 Å². The van der Waals surface area contributed by atoms with Gasteiger partial charge in [0.2, 0.25) is 0 Å². The smallest absolute Gasteiger partial charge is 0.189 e. The van der Waals surface area contributed by atoms with Gasteiger partial charge < -0.3 is 14.5 Å². The Kier molecular flexibility index (Phi) is 3.79. The molecule has 1 aromatic heterocycles. The van der Waals surface area contributed by atoms with E-state index in [1.807, 2.05) is 0 Å². The Morgan fingerprint density at radius 1 is 1.11 bits per heavy atom. The molecule has 0 aliphatic heterocycles. The maximum absolute atomic E-state index is 12.1. The summed E-state index contributed by atoms with van der Waals surface area (Å²) >= 11 is 0. The van der Waals surface area contributed by atoms with Crippen LogP contribution >= 0.6 is 0 Å². The fourth-order valence-electron chi connectivity index (χ4n) is 2.18. The van der Waals surface area contributed by atoms with Gasteiger partial charge in [0.1, 0.15) is 0 Å². The van der Waals surface area contributed by atoms with Crippen molar-refractivity contribution in [2.24, 2.45) is 5.92 Å². The second-order valence-electron chi connectivity index (χ2n) is 5.01. The largest absolute Gasteiger partial charge is 0.493 e. The molecule has 2 rings (SSSR count). The number of methoxy groups -OCH3 is 2. The lowest BCUT2D eigenvalue weighted by Gasteiger charge is -2.11. The highest BCUT2D eigenvalue weighted by Crippen LogP contribution is 2.30. The molecule has 1 heterocycles. The van der Waals surface area contributed by atoms with E-state index < -0.39 is 0 Å². The van der Waals surface area contributed by atoms with Crippen LogP contribution in [-0.2, 0) is 6.42 Å². The van der Waals surface area contributed by atoms with Crippen LogP contribution in [0.3, 0.4) is 0 Å². The van der Waals surface area contributed by atoms with E-state index in [9.17, 15) is 4.79 Å². The molecule has 102 valence electrons. The summed E-state index contributed by atoms with van der Waals surface area (Å²) < 4.78 is 10.5. The Labute approximate surface area is 112 Å². The number of hydrogen-bond donors (Lipinski definition) is 1. The van der Waals surface area contributed by atoms with E-state index in [1.165, 1.54) is 0 Å². The molecule has 1 N–H and O–H groups in total. The molecular weight excluding hydrogens is 242 g/mol. The number of fused-ring (bicyclic) bond motifs is 1. The lowest BCUT2D eigenvalue weighted by molar-refractivity contribution is 0.355. The molecule has 1 aromatic carbocycles. The van der Waals surface area contributed by atoms with Gasteiger partial charge in [-0.1, -0.05) is 13.8 Å². The molecule has 0 unspecified atom stereocenters. The average molecular weight is 261 g/mol. The second-order valence-corrected chi connectivity index (χ2v) is 5.01. The van der Waals surface area contributed by atoms with Gasteiger partial charge in [-0.3, -0.25) is 4.79 Å². The van der Waals surface area contributed by atoms with Crippen LogP contribution in [0.1, 0.15) is 19.5 Å². The van der Waals surface area contributed by atoms with Crippen LogP contribution in [0.15, 0.2) is 23.0 Å². The fourth-order valence-corrected chi connectivity index (χ4v) is 2.18. The van der Waals surface area contributed by atoms with Crippen molar-refractivity contribution in [3.8, 4) is 11.5 Å². The van der Waals surface area contributed by atoms with E-state index in [2.05, 4.69) is 18.8 Å². The molecule has 0 atom stereocenters. The Hall–Kier alpha value is -1.97. The molecule has 0 aliphatic rings. The van der Waals surface area contributed by atoms with Gasteiger partial charge in [-0.2, -0.15) is 0 Å². The normalized spacial score (nSPS) is 11.0. The number of nitrogens with one attached hydrogen (secondary N) is 1. The molecule has 0 radical (unpaired) electrons. The van der Waals surface area contributed by atoms with Gasteiger partial charge in [-0.15, -0.1) is 0 Å². The minimum absolute atomic E-state index is 0.00496. The molecule has 0 fully saturated rings. The summed E-state index contributed by atoms with van der Waals surface area (Å²) in [5, 5.41) is 0.616. The summed E-state index contributed by atoms with van der Waals surface area (Å²) in [6.45, 7) is 4.24. The molecule has 0 spiro atoms. The highest BCUT2D eigenvalue weighted by molar-refractivity contribution is 5.82. The summed E-state index contributed by atoms with van der Waals surface area (Å²) in [5.41, 5.74) is 1.73. The van der Waals surface area contributed by atoms with Crippen LogP contribution in [-0.4, -0.2) is 19.2 Å². The summed E-state index contributed by atoms with van der Waals surface area (Å²) in [4.78, 5) is 15.4. The van der Waals surface area contributed by atoms with Crippen LogP contribution in [0.2, 0.25) is 0 Å². The highest BCUT2D eigenvalue weighted by Gasteiger charge is 2.10. The quantitative estimate of drug-likeness (QED) is 0.920. The molecule has 0 amide bonds. The molecule has 2 aromatic rings. The van der Waals surface area contributed by atoms with E-state index in [0.29, 0.717) is 22.8 Å². The monoisotopic (exact) mass is 261 g/mol. The molecule has 0 saturated heterocycles. The molecule has 19 heavy (non-hydrogen) atoms. The first-order valence-corrected chi connectivity index (χ1v) is 6.33. The first-order valence-electron chi connectivity index (χ1n) is 6.33. The van der Waals surface area contributed by atoms with Crippen LogP contribution < -0.4 is 14.9 Å². The van der Waals surface area contributed by atoms with Gasteiger partial charge in [0.05, 0.1) is 19.7 Å². The van der Waals surface area contributed by atoms with Crippen molar-refractivity contribution in [3.05, 3.63) is 34.1 Å². The van der Waals surface area contributed by atoms with Crippen molar-refractivity contribution in [1.82, 2.24) is 4.98 Å². The number of pyridine rings is 1. The van der Waals surface area contributed by atoms with Crippen molar-refractivity contribution in [3.63, 3.8) is 0 Å². The van der Waals surface area contributed by atoms with Gasteiger partial charge in [0, 0.05) is 23.2 Å². The number of H-pyrrole nitrogens is 1. The zero-order valence-corrected chi connectivity index (χ0v) is 11.7. The average Bonchev–Trinajstić information content (AvgIpc) is 2.36. The van der Waals surface area contributed by atoms with Crippen LogP contribution in [0.5, 0.6) is 11.5 Å². The second kappa shape index (κ2) is 5.34. The van der Waals surface area contributed by atoms with E-state index in [0.717, 1.165) is 17.6 Å².